The van der Waals surface area contributed by atoms with Gasteiger partial charge in [-0.15, -0.1) is 0 Å². The van der Waals surface area contributed by atoms with Crippen molar-refractivity contribution in [1.29, 1.82) is 0 Å². The summed E-state index contributed by atoms with van der Waals surface area (Å²) >= 11 is 0. The fourth-order valence-corrected chi connectivity index (χ4v) is 2.00. The number of aliphatic hydroxyl groups excluding tert-OH is 7. The highest BCUT2D eigenvalue weighted by molar-refractivity contribution is 5.57. The van der Waals surface area contributed by atoms with Gasteiger partial charge in [-0.05, 0) is 6.92 Å². The minimum atomic E-state index is -1.91. The maximum absolute atomic E-state index is 11.0. The molecular formula is C12H22O10. The second-order valence-electron chi connectivity index (χ2n) is 5.15. The highest BCUT2D eigenvalue weighted by Gasteiger charge is 2.44. The molecule has 0 aromatic rings. The Bertz CT molecular complexity index is 353. The van der Waals surface area contributed by atoms with Crippen LogP contribution in [-0.4, -0.2) is 104 Å². The first-order valence-electron chi connectivity index (χ1n) is 6.70. The molecule has 0 radical (unpaired) electrons. The fraction of sp³-hybridized carbons (Fsp3) is 0.917. The van der Waals surface area contributed by atoms with Gasteiger partial charge in [-0.2, -0.15) is 0 Å². The lowest BCUT2D eigenvalue weighted by Gasteiger charge is -2.40. The van der Waals surface area contributed by atoms with E-state index in [4.69, 9.17) is 14.6 Å². The molecule has 1 heterocycles. The molecule has 0 aromatic carbocycles. The molecule has 0 unspecified atom stereocenters. The summed E-state index contributed by atoms with van der Waals surface area (Å²) in [5, 5.41) is 66.1. The largest absolute Gasteiger partial charge is 0.394 e. The average molecular weight is 326 g/mol. The third kappa shape index (κ3) is 4.19. The summed E-state index contributed by atoms with van der Waals surface area (Å²) in [6.07, 6.45) is -14.2. The summed E-state index contributed by atoms with van der Waals surface area (Å²) in [5.74, 6) is 0. The minimum Gasteiger partial charge on any atom is -0.394 e. The van der Waals surface area contributed by atoms with Crippen molar-refractivity contribution in [3.8, 4) is 0 Å². The lowest BCUT2D eigenvalue weighted by Crippen LogP contribution is -2.59. The Balaban J connectivity index is 2.75. The van der Waals surface area contributed by atoms with E-state index in [1.165, 1.54) is 6.92 Å². The fourth-order valence-electron chi connectivity index (χ4n) is 2.00. The van der Waals surface area contributed by atoms with Gasteiger partial charge in [0.25, 0.3) is 0 Å². The summed E-state index contributed by atoms with van der Waals surface area (Å²) < 4.78 is 10.1. The molecule has 0 aliphatic carbocycles. The second-order valence-corrected chi connectivity index (χ2v) is 5.15. The van der Waals surface area contributed by atoms with Gasteiger partial charge >= 0.3 is 0 Å². The Hall–Kier alpha value is -0.690. The summed E-state index contributed by atoms with van der Waals surface area (Å²) in [6.45, 7) is 0.543. The quantitative estimate of drug-likeness (QED) is 0.225. The maximum atomic E-state index is 11.0. The van der Waals surface area contributed by atoms with E-state index in [0.717, 1.165) is 0 Å². The first kappa shape index (κ1) is 19.4. The average Bonchev–Trinajstić information content (AvgIpc) is 2.52. The zero-order chi connectivity index (χ0) is 17.0. The summed E-state index contributed by atoms with van der Waals surface area (Å²) in [5.41, 5.74) is 0. The van der Waals surface area contributed by atoms with Gasteiger partial charge in [0.2, 0.25) is 0 Å². The van der Waals surface area contributed by atoms with Crippen LogP contribution in [0.2, 0.25) is 0 Å². The number of aldehydes is 1. The van der Waals surface area contributed by atoms with Crippen molar-refractivity contribution >= 4 is 6.29 Å². The van der Waals surface area contributed by atoms with Crippen LogP contribution in [0.1, 0.15) is 6.92 Å². The molecule has 22 heavy (non-hydrogen) atoms. The molecular weight excluding hydrogens is 304 g/mol. The van der Waals surface area contributed by atoms with Gasteiger partial charge in [-0.25, -0.2) is 0 Å². The van der Waals surface area contributed by atoms with Crippen molar-refractivity contribution in [2.45, 2.75) is 62.0 Å². The van der Waals surface area contributed by atoms with Crippen LogP contribution in [0.25, 0.3) is 0 Å². The number of carbonyl (C=O) groups excluding carboxylic acids is 1. The predicted molar refractivity (Wildman–Crippen MR) is 68.4 cm³/mol. The van der Waals surface area contributed by atoms with Crippen molar-refractivity contribution in [2.75, 3.05) is 6.61 Å². The summed E-state index contributed by atoms with van der Waals surface area (Å²) in [7, 11) is 0. The van der Waals surface area contributed by atoms with Gasteiger partial charge in [0.05, 0.1) is 12.7 Å². The normalized spacial score (nSPS) is 38.1. The van der Waals surface area contributed by atoms with Gasteiger partial charge in [-0.1, -0.05) is 0 Å². The first-order valence-corrected chi connectivity index (χ1v) is 6.70. The molecule has 130 valence electrons. The lowest BCUT2D eigenvalue weighted by atomic mass is 9.99. The zero-order valence-corrected chi connectivity index (χ0v) is 11.8. The maximum Gasteiger partial charge on any atom is 0.187 e. The van der Waals surface area contributed by atoms with Gasteiger partial charge in [0, 0.05) is 0 Å². The number of rotatable bonds is 7. The first-order chi connectivity index (χ1) is 10.2. The van der Waals surface area contributed by atoms with E-state index in [0.29, 0.717) is 0 Å². The van der Waals surface area contributed by atoms with Crippen LogP contribution in [-0.2, 0) is 14.3 Å². The molecule has 1 saturated heterocycles. The Kier molecular flexibility index (Phi) is 7.25. The predicted octanol–water partition coefficient (Wildman–Crippen LogP) is -4.53. The number of hydrogen-bond acceptors (Lipinski definition) is 10. The topological polar surface area (TPSA) is 177 Å². The van der Waals surface area contributed by atoms with E-state index < -0.39 is 61.7 Å². The van der Waals surface area contributed by atoms with Crippen molar-refractivity contribution in [1.82, 2.24) is 0 Å². The number of aliphatic hydroxyl groups is 7. The van der Waals surface area contributed by atoms with Crippen LogP contribution >= 0.6 is 0 Å². The molecule has 0 saturated carbocycles. The van der Waals surface area contributed by atoms with Gasteiger partial charge in [-0.3, -0.25) is 0 Å². The third-order valence-corrected chi connectivity index (χ3v) is 3.50. The smallest absolute Gasteiger partial charge is 0.187 e. The Morgan fingerprint density at radius 2 is 1.68 bits per heavy atom. The van der Waals surface area contributed by atoms with E-state index in [-0.39, 0.29) is 6.29 Å². The van der Waals surface area contributed by atoms with Gasteiger partial charge in [0.1, 0.15) is 42.7 Å². The highest BCUT2D eigenvalue weighted by Crippen LogP contribution is 2.23. The van der Waals surface area contributed by atoms with Gasteiger partial charge in [0.15, 0.2) is 12.6 Å². The molecule has 0 bridgehead atoms. The van der Waals surface area contributed by atoms with Crippen LogP contribution < -0.4 is 0 Å². The van der Waals surface area contributed by atoms with Crippen LogP contribution in [0, 0.1) is 0 Å². The number of carbonyl (C=O) groups is 1. The Labute approximate surface area is 126 Å². The van der Waals surface area contributed by atoms with Crippen LogP contribution in [0.4, 0.5) is 0 Å². The number of hydrogen-bond donors (Lipinski definition) is 7. The highest BCUT2D eigenvalue weighted by atomic mass is 16.7. The Morgan fingerprint density at radius 1 is 1.09 bits per heavy atom. The van der Waals surface area contributed by atoms with E-state index in [2.05, 4.69) is 0 Å². The van der Waals surface area contributed by atoms with E-state index in [1.807, 2.05) is 0 Å². The van der Waals surface area contributed by atoms with Crippen molar-refractivity contribution in [2.24, 2.45) is 0 Å². The molecule has 0 aromatic heterocycles. The Morgan fingerprint density at radius 3 is 2.18 bits per heavy atom. The molecule has 0 amide bonds. The van der Waals surface area contributed by atoms with Crippen LogP contribution in [0.5, 0.6) is 0 Å². The molecule has 1 fully saturated rings. The standard InChI is InChI=1S/C12H22O10/c1-4-7(16)10(19)11(20)12(21-4)22-6(3-14)9(18)8(17)5(15)2-13/h3-13,15-20H,2H2,1H3/t4-,5+,6-,7-,8+,9+,10+,11+,12-/m0/s1. The van der Waals surface area contributed by atoms with Crippen molar-refractivity contribution < 1.29 is 50.0 Å². The van der Waals surface area contributed by atoms with Gasteiger partial charge < -0.3 is 50.0 Å². The lowest BCUT2D eigenvalue weighted by molar-refractivity contribution is -0.308. The molecule has 1 rings (SSSR count). The molecule has 9 atom stereocenters. The zero-order valence-electron chi connectivity index (χ0n) is 11.8. The van der Waals surface area contributed by atoms with E-state index in [9.17, 15) is 35.4 Å². The van der Waals surface area contributed by atoms with Crippen molar-refractivity contribution in [3.63, 3.8) is 0 Å². The van der Waals surface area contributed by atoms with Crippen LogP contribution in [0.15, 0.2) is 0 Å². The minimum absolute atomic E-state index is 0.107. The molecule has 7 N–H and O–H groups in total. The summed E-state index contributed by atoms with van der Waals surface area (Å²) in [6, 6.07) is 0. The van der Waals surface area contributed by atoms with Crippen LogP contribution in [0.3, 0.4) is 0 Å². The molecule has 0 spiro atoms. The monoisotopic (exact) mass is 326 g/mol. The summed E-state index contributed by atoms with van der Waals surface area (Å²) in [4.78, 5) is 11.0. The SMILES string of the molecule is C[C@@H]1O[C@@H](O[C@@H](C=O)[C@@H](O)[C@H](O)[C@H](O)CO)[C@H](O)[C@H](O)[C@H]1O. The number of ether oxygens (including phenoxy) is 2. The van der Waals surface area contributed by atoms with Crippen molar-refractivity contribution in [3.05, 3.63) is 0 Å². The van der Waals surface area contributed by atoms with E-state index >= 15 is 0 Å². The molecule has 1 aliphatic rings. The molecule has 10 nitrogen and oxygen atoms in total. The molecule has 10 heteroatoms. The molecule has 1 aliphatic heterocycles. The second kappa shape index (κ2) is 8.24. The van der Waals surface area contributed by atoms with E-state index in [1.54, 1.807) is 0 Å². The third-order valence-electron chi connectivity index (χ3n) is 3.50.